The largest absolute Gasteiger partial charge is 0.316 e. The summed E-state index contributed by atoms with van der Waals surface area (Å²) in [6.45, 7) is 9.85. The Bertz CT molecular complexity index is 119. The molecule has 0 aromatic carbocycles. The molecular weight excluding hydrogens is 122 g/mol. The molecule has 0 spiro atoms. The maximum Gasteiger partial charge on any atom is 0.0166 e. The molecule has 0 heterocycles. The summed E-state index contributed by atoms with van der Waals surface area (Å²) in [7, 11) is 1.99. The Morgan fingerprint density at radius 2 is 1.80 bits per heavy atom. The number of nitrogens with one attached hydrogen (secondary N) is 1. The van der Waals surface area contributed by atoms with Crippen molar-refractivity contribution < 1.29 is 0 Å². The zero-order valence-electron chi connectivity index (χ0n) is 7.78. The monoisotopic (exact) mass is 141 g/mol. The standard InChI is InChI=1S/C9H19N/c1-7(2)9(6-10-5)8(3)4/h7,10H,6H2,1-5H3. The molecule has 0 aromatic heterocycles. The van der Waals surface area contributed by atoms with E-state index in [4.69, 9.17) is 0 Å². The van der Waals surface area contributed by atoms with E-state index in [-0.39, 0.29) is 0 Å². The van der Waals surface area contributed by atoms with Gasteiger partial charge < -0.3 is 5.32 Å². The van der Waals surface area contributed by atoms with Gasteiger partial charge in [0.25, 0.3) is 0 Å². The number of rotatable bonds is 3. The van der Waals surface area contributed by atoms with Crippen LogP contribution in [-0.4, -0.2) is 13.6 Å². The highest BCUT2D eigenvalue weighted by Gasteiger charge is 2.02. The predicted molar refractivity (Wildman–Crippen MR) is 47.1 cm³/mol. The highest BCUT2D eigenvalue weighted by atomic mass is 14.8. The third-order valence-corrected chi connectivity index (χ3v) is 1.71. The molecule has 1 N–H and O–H groups in total. The number of hydrogen-bond donors (Lipinski definition) is 1. The van der Waals surface area contributed by atoms with Crippen molar-refractivity contribution in [2.24, 2.45) is 5.92 Å². The van der Waals surface area contributed by atoms with Gasteiger partial charge >= 0.3 is 0 Å². The molecule has 0 aliphatic carbocycles. The van der Waals surface area contributed by atoms with E-state index >= 15 is 0 Å². The summed E-state index contributed by atoms with van der Waals surface area (Å²) in [5.41, 5.74) is 2.98. The predicted octanol–water partition coefficient (Wildman–Crippen LogP) is 2.20. The maximum absolute atomic E-state index is 3.17. The van der Waals surface area contributed by atoms with Crippen LogP contribution in [0.4, 0.5) is 0 Å². The number of hydrogen-bond acceptors (Lipinski definition) is 1. The second-order valence-corrected chi connectivity index (χ2v) is 3.21. The zero-order valence-corrected chi connectivity index (χ0v) is 7.78. The van der Waals surface area contributed by atoms with Gasteiger partial charge in [0.05, 0.1) is 0 Å². The minimum atomic E-state index is 0.678. The molecule has 0 radical (unpaired) electrons. The molecular formula is C9H19N. The van der Waals surface area contributed by atoms with Crippen LogP contribution in [0.5, 0.6) is 0 Å². The van der Waals surface area contributed by atoms with Crippen molar-refractivity contribution in [3.8, 4) is 0 Å². The van der Waals surface area contributed by atoms with Crippen LogP contribution in [0.3, 0.4) is 0 Å². The summed E-state index contributed by atoms with van der Waals surface area (Å²) in [5, 5.41) is 3.17. The zero-order chi connectivity index (χ0) is 8.15. The highest BCUT2D eigenvalue weighted by Crippen LogP contribution is 2.12. The van der Waals surface area contributed by atoms with Crippen LogP contribution in [0, 0.1) is 5.92 Å². The van der Waals surface area contributed by atoms with E-state index in [9.17, 15) is 0 Å². The minimum Gasteiger partial charge on any atom is -0.316 e. The van der Waals surface area contributed by atoms with Crippen molar-refractivity contribution in [3.05, 3.63) is 11.1 Å². The number of allylic oxidation sites excluding steroid dienone is 1. The van der Waals surface area contributed by atoms with E-state index in [0.717, 1.165) is 6.54 Å². The SMILES string of the molecule is CNCC(=C(C)C)C(C)C. The van der Waals surface area contributed by atoms with Crippen LogP contribution >= 0.6 is 0 Å². The van der Waals surface area contributed by atoms with Crippen molar-refractivity contribution in [1.82, 2.24) is 5.32 Å². The first-order valence-corrected chi connectivity index (χ1v) is 3.90. The molecule has 0 saturated carbocycles. The summed E-state index contributed by atoms with van der Waals surface area (Å²) in [5.74, 6) is 0.678. The second-order valence-electron chi connectivity index (χ2n) is 3.21. The van der Waals surface area contributed by atoms with Gasteiger partial charge in [0.15, 0.2) is 0 Å². The molecule has 60 valence electrons. The third kappa shape index (κ3) is 3.02. The molecule has 1 heteroatoms. The van der Waals surface area contributed by atoms with E-state index in [1.54, 1.807) is 0 Å². The Balaban J connectivity index is 4.13. The molecule has 0 fully saturated rings. The molecule has 0 amide bonds. The van der Waals surface area contributed by atoms with Crippen molar-refractivity contribution in [3.63, 3.8) is 0 Å². The van der Waals surface area contributed by atoms with Gasteiger partial charge in [-0.05, 0) is 26.8 Å². The molecule has 0 unspecified atom stereocenters. The smallest absolute Gasteiger partial charge is 0.0166 e. The van der Waals surface area contributed by atoms with Crippen LogP contribution in [0.2, 0.25) is 0 Å². The summed E-state index contributed by atoms with van der Waals surface area (Å²) in [6, 6.07) is 0. The fourth-order valence-electron chi connectivity index (χ4n) is 1.15. The van der Waals surface area contributed by atoms with Gasteiger partial charge in [0.2, 0.25) is 0 Å². The quantitative estimate of drug-likeness (QED) is 0.594. The molecule has 0 bridgehead atoms. The van der Waals surface area contributed by atoms with Crippen LogP contribution < -0.4 is 5.32 Å². The van der Waals surface area contributed by atoms with Gasteiger partial charge in [0, 0.05) is 6.54 Å². The van der Waals surface area contributed by atoms with Gasteiger partial charge in [-0.25, -0.2) is 0 Å². The van der Waals surface area contributed by atoms with Gasteiger partial charge in [-0.15, -0.1) is 0 Å². The van der Waals surface area contributed by atoms with E-state index in [2.05, 4.69) is 33.0 Å². The lowest BCUT2D eigenvalue weighted by atomic mass is 9.99. The Morgan fingerprint density at radius 1 is 1.30 bits per heavy atom. The van der Waals surface area contributed by atoms with Crippen molar-refractivity contribution >= 4 is 0 Å². The lowest BCUT2D eigenvalue weighted by Crippen LogP contribution is -2.15. The average molecular weight is 141 g/mol. The average Bonchev–Trinajstić information content (AvgIpc) is 1.81. The summed E-state index contributed by atoms with van der Waals surface area (Å²) in [6.07, 6.45) is 0. The first-order chi connectivity index (χ1) is 4.59. The lowest BCUT2D eigenvalue weighted by molar-refractivity contribution is 0.695. The van der Waals surface area contributed by atoms with Crippen LogP contribution in [0.1, 0.15) is 27.7 Å². The molecule has 1 nitrogen and oxygen atoms in total. The molecule has 0 aliphatic rings. The fraction of sp³-hybridized carbons (Fsp3) is 0.778. The van der Waals surface area contributed by atoms with Crippen LogP contribution in [0.25, 0.3) is 0 Å². The second kappa shape index (κ2) is 4.51. The van der Waals surface area contributed by atoms with E-state index < -0.39 is 0 Å². The first-order valence-electron chi connectivity index (χ1n) is 3.90. The van der Waals surface area contributed by atoms with Crippen molar-refractivity contribution in [2.75, 3.05) is 13.6 Å². The molecule has 0 aliphatic heterocycles. The Morgan fingerprint density at radius 3 is 1.90 bits per heavy atom. The maximum atomic E-state index is 3.17. The molecule has 0 aromatic rings. The number of likely N-dealkylation sites (N-methyl/N-ethyl adjacent to an activating group) is 1. The molecule has 0 rings (SSSR count). The molecule has 0 atom stereocenters. The molecule has 0 saturated heterocycles. The van der Waals surface area contributed by atoms with Crippen molar-refractivity contribution in [2.45, 2.75) is 27.7 Å². The minimum absolute atomic E-state index is 0.678. The summed E-state index contributed by atoms with van der Waals surface area (Å²) >= 11 is 0. The van der Waals surface area contributed by atoms with E-state index in [1.165, 1.54) is 11.1 Å². The normalized spacial score (nSPS) is 10.2. The van der Waals surface area contributed by atoms with E-state index in [1.807, 2.05) is 7.05 Å². The van der Waals surface area contributed by atoms with Crippen molar-refractivity contribution in [1.29, 1.82) is 0 Å². The summed E-state index contributed by atoms with van der Waals surface area (Å²) in [4.78, 5) is 0. The first kappa shape index (κ1) is 9.70. The highest BCUT2D eigenvalue weighted by molar-refractivity contribution is 5.13. The van der Waals surface area contributed by atoms with Crippen LogP contribution in [-0.2, 0) is 0 Å². The Kier molecular flexibility index (Phi) is 4.37. The van der Waals surface area contributed by atoms with Gasteiger partial charge in [-0.2, -0.15) is 0 Å². The topological polar surface area (TPSA) is 12.0 Å². The lowest BCUT2D eigenvalue weighted by Gasteiger charge is -2.12. The Labute approximate surface area is 64.5 Å². The fourth-order valence-corrected chi connectivity index (χ4v) is 1.15. The van der Waals surface area contributed by atoms with Gasteiger partial charge in [-0.3, -0.25) is 0 Å². The third-order valence-electron chi connectivity index (χ3n) is 1.71. The molecule has 10 heavy (non-hydrogen) atoms. The Hall–Kier alpha value is -0.300. The van der Waals surface area contributed by atoms with E-state index in [0.29, 0.717) is 5.92 Å². The van der Waals surface area contributed by atoms with Gasteiger partial charge in [-0.1, -0.05) is 25.0 Å². The van der Waals surface area contributed by atoms with Crippen LogP contribution in [0.15, 0.2) is 11.1 Å². The van der Waals surface area contributed by atoms with Gasteiger partial charge in [0.1, 0.15) is 0 Å². The summed E-state index contributed by atoms with van der Waals surface area (Å²) < 4.78 is 0.